The number of anilines is 3. The lowest BCUT2D eigenvalue weighted by molar-refractivity contribution is -0.120. The summed E-state index contributed by atoms with van der Waals surface area (Å²) >= 11 is 3.70. The Labute approximate surface area is 210 Å². The average Bonchev–Trinajstić information content (AvgIpc) is 3.38. The Balaban J connectivity index is 0.000000286. The first-order valence-electron chi connectivity index (χ1n) is 10.8. The van der Waals surface area contributed by atoms with Gasteiger partial charge in [0.2, 0.25) is 5.91 Å². The molecule has 190 valence electrons. The fraction of sp³-hybridized carbons (Fsp3) is 0.208. The van der Waals surface area contributed by atoms with Gasteiger partial charge in [-0.15, -0.1) is 12.6 Å². The summed E-state index contributed by atoms with van der Waals surface area (Å²) in [5.41, 5.74) is 6.82. The van der Waals surface area contributed by atoms with Crippen LogP contribution in [0, 0.1) is 23.3 Å². The molecule has 0 aromatic heterocycles. The van der Waals surface area contributed by atoms with Gasteiger partial charge in [-0.05, 0) is 54.8 Å². The lowest BCUT2D eigenvalue weighted by Gasteiger charge is -2.21. The van der Waals surface area contributed by atoms with E-state index in [0.717, 1.165) is 37.1 Å². The summed E-state index contributed by atoms with van der Waals surface area (Å²) in [4.78, 5) is 12.0. The van der Waals surface area contributed by atoms with Crippen molar-refractivity contribution in [1.29, 1.82) is 0 Å². The summed E-state index contributed by atoms with van der Waals surface area (Å²) in [5.74, 6) is -3.41. The SMILES string of the molecule is Fc1ccc(S)c(F)c1.Nc1cc(NS(=O)(=O)c2ccc(F)cc2F)cc2c1NC(=O)C21CCCC1. The maximum absolute atomic E-state index is 13.9. The highest BCUT2D eigenvalue weighted by Gasteiger charge is 2.49. The maximum atomic E-state index is 13.9. The van der Waals surface area contributed by atoms with Crippen LogP contribution in [-0.4, -0.2) is 14.3 Å². The first-order chi connectivity index (χ1) is 16.9. The second kappa shape index (κ2) is 9.66. The molecule has 3 aromatic rings. The van der Waals surface area contributed by atoms with Crippen LogP contribution < -0.4 is 15.8 Å². The summed E-state index contributed by atoms with van der Waals surface area (Å²) < 4.78 is 78.6. The van der Waals surface area contributed by atoms with Gasteiger partial charge in [0, 0.05) is 17.0 Å². The van der Waals surface area contributed by atoms with Gasteiger partial charge in [0.25, 0.3) is 10.0 Å². The van der Waals surface area contributed by atoms with Crippen LogP contribution in [-0.2, 0) is 20.2 Å². The summed E-state index contributed by atoms with van der Waals surface area (Å²) in [7, 11) is -4.30. The summed E-state index contributed by atoms with van der Waals surface area (Å²) in [6, 6.07) is 8.38. The molecule has 0 radical (unpaired) electrons. The molecule has 0 bridgehead atoms. The summed E-state index contributed by atoms with van der Waals surface area (Å²) in [6.45, 7) is 0. The van der Waals surface area contributed by atoms with Crippen molar-refractivity contribution in [3.05, 3.63) is 77.4 Å². The molecule has 1 fully saturated rings. The first-order valence-corrected chi connectivity index (χ1v) is 12.7. The van der Waals surface area contributed by atoms with Crippen molar-refractivity contribution in [3.63, 3.8) is 0 Å². The fourth-order valence-corrected chi connectivity index (χ4v) is 5.70. The predicted octanol–water partition coefficient (Wildman–Crippen LogP) is 5.37. The monoisotopic (exact) mass is 539 g/mol. The third-order valence-electron chi connectivity index (χ3n) is 6.16. The summed E-state index contributed by atoms with van der Waals surface area (Å²) in [6.07, 6.45) is 3.11. The van der Waals surface area contributed by atoms with Crippen LogP contribution in [0.15, 0.2) is 58.3 Å². The largest absolute Gasteiger partial charge is 0.397 e. The van der Waals surface area contributed by atoms with Crippen LogP contribution in [0.4, 0.5) is 34.6 Å². The molecular formula is C24H21F4N3O3S2. The molecule has 1 aliphatic heterocycles. The molecule has 36 heavy (non-hydrogen) atoms. The van der Waals surface area contributed by atoms with Gasteiger partial charge in [-0.3, -0.25) is 9.52 Å². The molecule has 0 atom stereocenters. The average molecular weight is 540 g/mol. The standard InChI is InChI=1S/C18H17F2N3O3S.C6H4F2S/c19-10-3-4-15(13(20)7-10)27(25,26)23-11-8-12-16(14(21)9-11)22-17(24)18(12)5-1-2-6-18;7-4-1-2-6(9)5(8)3-4/h3-4,7-9,23H,1-2,5-6,21H2,(H,22,24);1-3,9H. The minimum absolute atomic E-state index is 0.123. The van der Waals surface area contributed by atoms with Crippen molar-refractivity contribution in [3.8, 4) is 0 Å². The number of benzene rings is 3. The molecule has 3 aromatic carbocycles. The zero-order valence-corrected chi connectivity index (χ0v) is 20.3. The van der Waals surface area contributed by atoms with E-state index >= 15 is 0 Å². The number of amides is 1. The van der Waals surface area contributed by atoms with Gasteiger partial charge in [0.1, 0.15) is 28.2 Å². The van der Waals surface area contributed by atoms with Crippen molar-refractivity contribution in [2.24, 2.45) is 0 Å². The van der Waals surface area contributed by atoms with Gasteiger partial charge in [-0.1, -0.05) is 12.8 Å². The molecule has 2 aliphatic rings. The Morgan fingerprint density at radius 3 is 2.11 bits per heavy atom. The van der Waals surface area contributed by atoms with E-state index < -0.39 is 43.6 Å². The van der Waals surface area contributed by atoms with Gasteiger partial charge >= 0.3 is 0 Å². The molecule has 0 unspecified atom stereocenters. The Kier molecular flexibility index (Phi) is 6.93. The van der Waals surface area contributed by atoms with Crippen LogP contribution in [0.2, 0.25) is 0 Å². The topological polar surface area (TPSA) is 101 Å². The molecule has 6 nitrogen and oxygen atoms in total. The predicted molar refractivity (Wildman–Crippen MR) is 130 cm³/mol. The van der Waals surface area contributed by atoms with E-state index in [1.54, 1.807) is 6.07 Å². The van der Waals surface area contributed by atoms with Crippen molar-refractivity contribution >= 4 is 45.6 Å². The highest BCUT2D eigenvalue weighted by Crippen LogP contribution is 2.51. The molecule has 1 saturated carbocycles. The number of carbonyl (C=O) groups excluding carboxylic acids is 1. The zero-order chi connectivity index (χ0) is 26.3. The van der Waals surface area contributed by atoms with Gasteiger partial charge in [-0.25, -0.2) is 26.0 Å². The smallest absolute Gasteiger partial charge is 0.264 e. The van der Waals surface area contributed by atoms with Crippen LogP contribution in [0.25, 0.3) is 0 Å². The highest BCUT2D eigenvalue weighted by molar-refractivity contribution is 7.92. The molecule has 1 aliphatic carbocycles. The first kappa shape index (κ1) is 25.8. The van der Waals surface area contributed by atoms with Crippen molar-refractivity contribution in [2.45, 2.75) is 40.9 Å². The molecular weight excluding hydrogens is 518 g/mol. The van der Waals surface area contributed by atoms with Gasteiger partial charge < -0.3 is 11.1 Å². The lowest BCUT2D eigenvalue weighted by atomic mass is 9.80. The van der Waals surface area contributed by atoms with Crippen molar-refractivity contribution in [1.82, 2.24) is 0 Å². The zero-order valence-electron chi connectivity index (χ0n) is 18.6. The van der Waals surface area contributed by atoms with Crippen molar-refractivity contribution < 1.29 is 30.8 Å². The number of hydrogen-bond donors (Lipinski definition) is 4. The number of halogens is 4. The number of fused-ring (bicyclic) bond motifs is 2. The number of nitrogen functional groups attached to an aromatic ring is 1. The number of carbonyl (C=O) groups is 1. The van der Waals surface area contributed by atoms with E-state index in [1.165, 1.54) is 12.1 Å². The lowest BCUT2D eigenvalue weighted by Crippen LogP contribution is -2.31. The van der Waals surface area contributed by atoms with Crippen molar-refractivity contribution in [2.75, 3.05) is 15.8 Å². The summed E-state index contributed by atoms with van der Waals surface area (Å²) in [5, 5.41) is 2.79. The minimum atomic E-state index is -4.30. The third kappa shape index (κ3) is 4.87. The van der Waals surface area contributed by atoms with Gasteiger partial charge in [0.05, 0.1) is 22.5 Å². The second-order valence-electron chi connectivity index (χ2n) is 8.51. The Morgan fingerprint density at radius 1 is 0.917 bits per heavy atom. The van der Waals surface area contributed by atoms with Gasteiger partial charge in [-0.2, -0.15) is 0 Å². The quantitative estimate of drug-likeness (QED) is 0.204. The van der Waals surface area contributed by atoms with Crippen LogP contribution in [0.1, 0.15) is 31.2 Å². The van der Waals surface area contributed by atoms with Crippen LogP contribution in [0.5, 0.6) is 0 Å². The Bertz CT molecular complexity index is 1460. The number of nitrogens with one attached hydrogen (secondary N) is 2. The molecule has 0 saturated heterocycles. The second-order valence-corrected chi connectivity index (χ2v) is 10.6. The fourth-order valence-electron chi connectivity index (χ4n) is 4.46. The Morgan fingerprint density at radius 2 is 1.53 bits per heavy atom. The molecule has 5 rings (SSSR count). The third-order valence-corrected chi connectivity index (χ3v) is 7.94. The number of nitrogens with two attached hydrogens (primary N) is 1. The molecule has 1 spiro atoms. The van der Waals surface area contributed by atoms with E-state index in [-0.39, 0.29) is 22.2 Å². The molecule has 12 heteroatoms. The molecule has 1 amide bonds. The van der Waals surface area contributed by atoms with E-state index in [4.69, 9.17) is 5.73 Å². The number of sulfonamides is 1. The Hall–Kier alpha value is -3.25. The van der Waals surface area contributed by atoms with E-state index in [9.17, 15) is 30.8 Å². The number of hydrogen-bond acceptors (Lipinski definition) is 5. The van der Waals surface area contributed by atoms with Gasteiger partial charge in [0.15, 0.2) is 0 Å². The number of thiol groups is 1. The normalized spacial score (nSPS) is 15.8. The van der Waals surface area contributed by atoms with Crippen LogP contribution in [0.3, 0.4) is 0 Å². The highest BCUT2D eigenvalue weighted by atomic mass is 32.2. The van der Waals surface area contributed by atoms with E-state index in [2.05, 4.69) is 22.7 Å². The van der Waals surface area contributed by atoms with E-state index in [1.807, 2.05) is 0 Å². The minimum Gasteiger partial charge on any atom is -0.397 e. The maximum Gasteiger partial charge on any atom is 0.264 e. The van der Waals surface area contributed by atoms with Crippen LogP contribution >= 0.6 is 12.6 Å². The molecule has 1 heterocycles. The van der Waals surface area contributed by atoms with E-state index in [0.29, 0.717) is 30.2 Å². The molecule has 4 N–H and O–H groups in total. The number of rotatable bonds is 3.